The van der Waals surface area contributed by atoms with E-state index in [0.29, 0.717) is 11.5 Å². The molecule has 2 heterocycles. The lowest BCUT2D eigenvalue weighted by Crippen LogP contribution is -2.39. The summed E-state index contributed by atoms with van der Waals surface area (Å²) in [5, 5.41) is 7.75. The Hall–Kier alpha value is -4.27. The quantitative estimate of drug-likeness (QED) is 0.448. The van der Waals surface area contributed by atoms with Crippen LogP contribution in [0, 0.1) is 5.82 Å². The molecular formula is C22H19FN6O2. The van der Waals surface area contributed by atoms with Gasteiger partial charge in [-0.3, -0.25) is 9.36 Å². The van der Waals surface area contributed by atoms with E-state index >= 15 is 0 Å². The predicted molar refractivity (Wildman–Crippen MR) is 114 cm³/mol. The number of rotatable bonds is 6. The van der Waals surface area contributed by atoms with Crippen LogP contribution in [0.1, 0.15) is 5.56 Å². The highest BCUT2D eigenvalue weighted by atomic mass is 19.1. The number of hydrogen-bond donors (Lipinski definition) is 3. The van der Waals surface area contributed by atoms with Gasteiger partial charge >= 0.3 is 6.03 Å². The number of carbonyl (C=O) groups excluding carboxylic acids is 2. The average Bonchev–Trinajstić information content (AvgIpc) is 3.22. The van der Waals surface area contributed by atoms with E-state index in [2.05, 4.69) is 25.9 Å². The Morgan fingerprint density at radius 2 is 1.74 bits per heavy atom. The second kappa shape index (κ2) is 9.04. The summed E-state index contributed by atoms with van der Waals surface area (Å²) < 4.78 is 14.7. The summed E-state index contributed by atoms with van der Waals surface area (Å²) >= 11 is 0. The van der Waals surface area contributed by atoms with Crippen molar-refractivity contribution in [2.24, 2.45) is 0 Å². The number of amides is 3. The van der Waals surface area contributed by atoms with Gasteiger partial charge in [-0.2, -0.15) is 0 Å². The lowest BCUT2D eigenvalue weighted by atomic mass is 10.2. The second-order valence-corrected chi connectivity index (χ2v) is 6.72. The highest BCUT2D eigenvalue weighted by Gasteiger charge is 2.08. The second-order valence-electron chi connectivity index (χ2n) is 6.72. The highest BCUT2D eigenvalue weighted by Crippen LogP contribution is 2.17. The zero-order valence-corrected chi connectivity index (χ0v) is 16.4. The first kappa shape index (κ1) is 20.0. The fourth-order valence-corrected chi connectivity index (χ4v) is 2.96. The van der Waals surface area contributed by atoms with Gasteiger partial charge in [-0.05, 0) is 42.0 Å². The zero-order valence-electron chi connectivity index (χ0n) is 16.4. The summed E-state index contributed by atoms with van der Waals surface area (Å²) in [4.78, 5) is 32.6. The zero-order chi connectivity index (χ0) is 21.6. The van der Waals surface area contributed by atoms with Crippen LogP contribution in [0.3, 0.4) is 0 Å². The molecular weight excluding hydrogens is 399 g/mol. The molecule has 3 N–H and O–H groups in total. The third kappa shape index (κ3) is 5.02. The van der Waals surface area contributed by atoms with Gasteiger partial charge in [0.1, 0.15) is 18.0 Å². The number of para-hydroxylation sites is 2. The molecule has 0 saturated carbocycles. The van der Waals surface area contributed by atoms with Gasteiger partial charge in [0.25, 0.3) is 0 Å². The van der Waals surface area contributed by atoms with Crippen LogP contribution in [0.4, 0.5) is 14.9 Å². The number of halogens is 1. The number of aromatic nitrogens is 3. The Morgan fingerprint density at radius 1 is 0.935 bits per heavy atom. The minimum Gasteiger partial charge on any atom is -0.334 e. The van der Waals surface area contributed by atoms with E-state index in [0.717, 1.165) is 16.6 Å². The smallest absolute Gasteiger partial charge is 0.315 e. The number of hydrogen-bond acceptors (Lipinski definition) is 4. The molecule has 0 aliphatic heterocycles. The maximum absolute atomic E-state index is 12.9. The maximum Gasteiger partial charge on any atom is 0.315 e. The Bertz CT molecular complexity index is 1200. The van der Waals surface area contributed by atoms with E-state index in [9.17, 15) is 14.0 Å². The summed E-state index contributed by atoms with van der Waals surface area (Å²) in [6, 6.07) is 16.5. The van der Waals surface area contributed by atoms with Crippen molar-refractivity contribution in [1.29, 1.82) is 0 Å². The average molecular weight is 418 g/mol. The summed E-state index contributed by atoms with van der Waals surface area (Å²) in [5.74, 6) is -0.0599. The Morgan fingerprint density at radius 3 is 2.52 bits per heavy atom. The largest absolute Gasteiger partial charge is 0.334 e. The molecule has 156 valence electrons. The molecule has 31 heavy (non-hydrogen) atoms. The molecule has 8 nitrogen and oxygen atoms in total. The van der Waals surface area contributed by atoms with E-state index < -0.39 is 6.03 Å². The molecule has 0 fully saturated rings. The molecule has 0 saturated heterocycles. The van der Waals surface area contributed by atoms with E-state index in [-0.39, 0.29) is 24.8 Å². The molecule has 4 aromatic rings. The molecule has 0 radical (unpaired) electrons. The summed E-state index contributed by atoms with van der Waals surface area (Å²) in [6.07, 6.45) is 3.23. The van der Waals surface area contributed by atoms with Crippen molar-refractivity contribution in [3.05, 3.63) is 84.6 Å². The topological polar surface area (TPSA) is 101 Å². The molecule has 4 rings (SSSR count). The van der Waals surface area contributed by atoms with Crippen LogP contribution < -0.4 is 16.0 Å². The number of carbonyl (C=O) groups is 2. The number of nitrogens with one attached hydrogen (secondary N) is 3. The number of pyridine rings is 1. The Kier molecular flexibility index (Phi) is 5.84. The van der Waals surface area contributed by atoms with Crippen LogP contribution in [0.25, 0.3) is 16.9 Å². The van der Waals surface area contributed by atoms with Crippen molar-refractivity contribution in [2.75, 3.05) is 11.9 Å². The number of fused-ring (bicyclic) bond motifs is 1. The minimum atomic E-state index is -0.500. The van der Waals surface area contributed by atoms with Crippen molar-refractivity contribution in [3.63, 3.8) is 0 Å². The number of urea groups is 1. The predicted octanol–water partition coefficient (Wildman–Crippen LogP) is 3.00. The van der Waals surface area contributed by atoms with Crippen LogP contribution in [0.5, 0.6) is 0 Å². The van der Waals surface area contributed by atoms with Gasteiger partial charge in [0.05, 0.1) is 29.5 Å². The van der Waals surface area contributed by atoms with Crippen molar-refractivity contribution in [1.82, 2.24) is 25.2 Å². The van der Waals surface area contributed by atoms with Crippen LogP contribution in [-0.4, -0.2) is 33.0 Å². The maximum atomic E-state index is 12.9. The molecule has 9 heteroatoms. The first-order valence-electron chi connectivity index (χ1n) is 9.53. The van der Waals surface area contributed by atoms with Gasteiger partial charge in [0, 0.05) is 6.54 Å². The van der Waals surface area contributed by atoms with Crippen LogP contribution >= 0.6 is 0 Å². The molecule has 0 aliphatic carbocycles. The molecule has 2 aromatic heterocycles. The monoisotopic (exact) mass is 418 g/mol. The van der Waals surface area contributed by atoms with Crippen molar-refractivity contribution in [2.45, 2.75) is 6.54 Å². The number of benzene rings is 2. The molecule has 0 spiro atoms. The van der Waals surface area contributed by atoms with Crippen LogP contribution in [-0.2, 0) is 11.3 Å². The Balaban J connectivity index is 1.26. The van der Waals surface area contributed by atoms with E-state index in [1.165, 1.54) is 18.3 Å². The summed E-state index contributed by atoms with van der Waals surface area (Å²) in [6.45, 7) is 0.0191. The van der Waals surface area contributed by atoms with Gasteiger partial charge in [0.15, 0.2) is 0 Å². The third-order valence-corrected chi connectivity index (χ3v) is 4.51. The van der Waals surface area contributed by atoms with Gasteiger partial charge in [-0.25, -0.2) is 19.2 Å². The lowest BCUT2D eigenvalue weighted by molar-refractivity contribution is -0.115. The fraction of sp³-hybridized carbons (Fsp3) is 0.0909. The van der Waals surface area contributed by atoms with Crippen LogP contribution in [0.2, 0.25) is 0 Å². The molecule has 0 unspecified atom stereocenters. The highest BCUT2D eigenvalue weighted by molar-refractivity contribution is 5.94. The molecule has 0 bridgehead atoms. The number of anilines is 1. The summed E-state index contributed by atoms with van der Waals surface area (Å²) in [5.41, 5.74) is 3.05. The van der Waals surface area contributed by atoms with Gasteiger partial charge in [-0.15, -0.1) is 0 Å². The van der Waals surface area contributed by atoms with E-state index in [1.807, 2.05) is 28.8 Å². The number of imidazole rings is 1. The SMILES string of the molecule is O=C(CNC(=O)NCc1ccc(F)cc1)Nc1ccc(-n2cnc3ccccc32)nc1. The first-order chi connectivity index (χ1) is 15.1. The minimum absolute atomic E-state index is 0.205. The van der Waals surface area contributed by atoms with E-state index in [4.69, 9.17) is 0 Å². The first-order valence-corrected chi connectivity index (χ1v) is 9.53. The Labute approximate surface area is 177 Å². The fourth-order valence-electron chi connectivity index (χ4n) is 2.96. The van der Waals surface area contributed by atoms with Crippen LogP contribution in [0.15, 0.2) is 73.2 Å². The van der Waals surface area contributed by atoms with Gasteiger partial charge < -0.3 is 16.0 Å². The van der Waals surface area contributed by atoms with Crippen molar-refractivity contribution >= 4 is 28.7 Å². The molecule has 0 atom stereocenters. The van der Waals surface area contributed by atoms with Crippen molar-refractivity contribution in [3.8, 4) is 5.82 Å². The van der Waals surface area contributed by atoms with Gasteiger partial charge in [-0.1, -0.05) is 24.3 Å². The lowest BCUT2D eigenvalue weighted by Gasteiger charge is -2.09. The normalized spacial score (nSPS) is 10.6. The third-order valence-electron chi connectivity index (χ3n) is 4.51. The molecule has 3 amide bonds. The van der Waals surface area contributed by atoms with Gasteiger partial charge in [0.2, 0.25) is 5.91 Å². The van der Waals surface area contributed by atoms with E-state index in [1.54, 1.807) is 30.6 Å². The molecule has 2 aromatic carbocycles. The van der Waals surface area contributed by atoms with Crippen molar-refractivity contribution < 1.29 is 14.0 Å². The standard InChI is InChI=1S/C22H19FN6O2/c23-16-7-5-15(6-8-16)11-25-22(31)26-13-21(30)28-17-9-10-20(24-12-17)29-14-27-18-3-1-2-4-19(18)29/h1-10,12,14H,11,13H2,(H,28,30)(H2,25,26,31). The summed E-state index contributed by atoms with van der Waals surface area (Å²) in [7, 11) is 0. The number of nitrogens with zero attached hydrogens (tertiary/aromatic N) is 3. The molecule has 0 aliphatic rings.